The summed E-state index contributed by atoms with van der Waals surface area (Å²) in [5, 5.41) is 3.20. The van der Waals surface area contributed by atoms with Crippen LogP contribution in [-0.4, -0.2) is 48.2 Å². The minimum absolute atomic E-state index is 0.669. The van der Waals surface area contributed by atoms with Gasteiger partial charge in [0.2, 0.25) is 17.8 Å². The monoisotopic (exact) mass is 278 g/mol. The molecule has 0 radical (unpaired) electrons. The quantitative estimate of drug-likeness (QED) is 0.785. The molecule has 1 aromatic rings. The zero-order valence-electron chi connectivity index (χ0n) is 13.1. The summed E-state index contributed by atoms with van der Waals surface area (Å²) in [4.78, 5) is 18.0. The highest BCUT2D eigenvalue weighted by atomic mass is 15.4. The van der Waals surface area contributed by atoms with Gasteiger partial charge in [-0.2, -0.15) is 15.0 Å². The van der Waals surface area contributed by atoms with Crippen LogP contribution in [0.5, 0.6) is 0 Å². The molecule has 6 heteroatoms. The Labute approximate surface area is 121 Å². The van der Waals surface area contributed by atoms with Crippen molar-refractivity contribution in [3.63, 3.8) is 0 Å². The van der Waals surface area contributed by atoms with Gasteiger partial charge < -0.3 is 15.1 Å². The molecular formula is C14H26N6. The molecule has 6 nitrogen and oxygen atoms in total. The van der Waals surface area contributed by atoms with Gasteiger partial charge in [0.05, 0.1) is 0 Å². The van der Waals surface area contributed by atoms with Crippen LogP contribution in [0.2, 0.25) is 0 Å². The van der Waals surface area contributed by atoms with Crippen LogP contribution in [-0.2, 0) is 0 Å². The molecule has 0 atom stereocenters. The maximum atomic E-state index is 4.63. The van der Waals surface area contributed by atoms with Crippen molar-refractivity contribution in [2.75, 3.05) is 48.3 Å². The van der Waals surface area contributed by atoms with Crippen LogP contribution in [0.4, 0.5) is 17.8 Å². The summed E-state index contributed by atoms with van der Waals surface area (Å²) >= 11 is 0. The van der Waals surface area contributed by atoms with Crippen molar-refractivity contribution in [1.82, 2.24) is 15.0 Å². The lowest BCUT2D eigenvalue weighted by Gasteiger charge is -2.22. The molecule has 0 bridgehead atoms. The van der Waals surface area contributed by atoms with Gasteiger partial charge in [-0.15, -0.1) is 0 Å². The maximum absolute atomic E-state index is 4.63. The second-order valence-corrected chi connectivity index (χ2v) is 5.29. The van der Waals surface area contributed by atoms with Crippen molar-refractivity contribution in [2.24, 2.45) is 5.92 Å². The molecule has 112 valence electrons. The topological polar surface area (TPSA) is 57.2 Å². The predicted octanol–water partition coefficient (Wildman–Crippen LogP) is 2.00. The minimum atomic E-state index is 0.669. The highest BCUT2D eigenvalue weighted by Crippen LogP contribution is 2.30. The average Bonchev–Trinajstić information content (AvgIpc) is 3.24. The third-order valence-corrected chi connectivity index (χ3v) is 3.56. The molecule has 1 heterocycles. The van der Waals surface area contributed by atoms with Crippen LogP contribution in [0.3, 0.4) is 0 Å². The van der Waals surface area contributed by atoms with Gasteiger partial charge in [0, 0.05) is 33.2 Å². The predicted molar refractivity (Wildman–Crippen MR) is 83.5 cm³/mol. The van der Waals surface area contributed by atoms with Crippen LogP contribution < -0.4 is 15.1 Å². The zero-order valence-corrected chi connectivity index (χ0v) is 13.1. The first-order valence-electron chi connectivity index (χ1n) is 7.63. The Hall–Kier alpha value is -1.59. The SMILES string of the molecule is CCNc1nc(N(C)CC2CC2)nc(N(CC)CC)n1. The highest BCUT2D eigenvalue weighted by molar-refractivity contribution is 5.44. The van der Waals surface area contributed by atoms with Crippen molar-refractivity contribution in [3.8, 4) is 0 Å². The normalized spacial score (nSPS) is 14.2. The van der Waals surface area contributed by atoms with E-state index in [-0.39, 0.29) is 0 Å². The summed E-state index contributed by atoms with van der Waals surface area (Å²) < 4.78 is 0. The number of nitrogens with one attached hydrogen (secondary N) is 1. The molecule has 1 aromatic heterocycles. The van der Waals surface area contributed by atoms with Crippen molar-refractivity contribution >= 4 is 17.8 Å². The lowest BCUT2D eigenvalue weighted by molar-refractivity contribution is 0.749. The molecule has 1 fully saturated rings. The molecule has 1 N–H and O–H groups in total. The van der Waals surface area contributed by atoms with Crippen LogP contribution in [0.1, 0.15) is 33.6 Å². The van der Waals surface area contributed by atoms with Crippen molar-refractivity contribution < 1.29 is 0 Å². The van der Waals surface area contributed by atoms with Crippen LogP contribution >= 0.6 is 0 Å². The third kappa shape index (κ3) is 3.71. The fourth-order valence-electron chi connectivity index (χ4n) is 2.18. The van der Waals surface area contributed by atoms with Crippen LogP contribution in [0.25, 0.3) is 0 Å². The van der Waals surface area contributed by atoms with Crippen LogP contribution in [0.15, 0.2) is 0 Å². The second kappa shape index (κ2) is 6.72. The van der Waals surface area contributed by atoms with Gasteiger partial charge >= 0.3 is 0 Å². The number of hydrogen-bond donors (Lipinski definition) is 1. The third-order valence-electron chi connectivity index (χ3n) is 3.56. The van der Waals surface area contributed by atoms with Gasteiger partial charge in [-0.25, -0.2) is 0 Å². The summed E-state index contributed by atoms with van der Waals surface area (Å²) in [6.45, 7) is 9.94. The van der Waals surface area contributed by atoms with Gasteiger partial charge in [-0.05, 0) is 39.5 Å². The Morgan fingerprint density at radius 1 is 1.05 bits per heavy atom. The summed E-state index contributed by atoms with van der Waals surface area (Å²) in [7, 11) is 2.06. The lowest BCUT2D eigenvalue weighted by atomic mass is 10.4. The molecule has 0 saturated heterocycles. The van der Waals surface area contributed by atoms with E-state index in [1.54, 1.807) is 0 Å². The Balaban J connectivity index is 2.23. The molecule has 0 aliphatic heterocycles. The van der Waals surface area contributed by atoms with E-state index in [1.807, 2.05) is 0 Å². The Bertz CT molecular complexity index is 428. The maximum Gasteiger partial charge on any atom is 0.231 e. The molecule has 1 aliphatic rings. The first-order chi connectivity index (χ1) is 9.67. The Kier molecular flexibility index (Phi) is 4.98. The number of rotatable bonds is 8. The number of aromatic nitrogens is 3. The molecular weight excluding hydrogens is 252 g/mol. The highest BCUT2D eigenvalue weighted by Gasteiger charge is 2.24. The average molecular weight is 278 g/mol. The molecule has 0 aromatic carbocycles. The van der Waals surface area contributed by atoms with Crippen molar-refractivity contribution in [3.05, 3.63) is 0 Å². The van der Waals surface area contributed by atoms with E-state index >= 15 is 0 Å². The largest absolute Gasteiger partial charge is 0.354 e. The van der Waals surface area contributed by atoms with Gasteiger partial charge in [-0.1, -0.05) is 0 Å². The van der Waals surface area contributed by atoms with E-state index in [2.05, 4.69) is 57.9 Å². The zero-order chi connectivity index (χ0) is 14.5. The van der Waals surface area contributed by atoms with E-state index in [4.69, 9.17) is 0 Å². The van der Waals surface area contributed by atoms with Crippen LogP contribution in [0, 0.1) is 5.92 Å². The summed E-state index contributed by atoms with van der Waals surface area (Å²) in [6.07, 6.45) is 2.66. The van der Waals surface area contributed by atoms with Gasteiger partial charge in [-0.3, -0.25) is 0 Å². The van der Waals surface area contributed by atoms with E-state index in [9.17, 15) is 0 Å². The molecule has 0 amide bonds. The molecule has 1 saturated carbocycles. The number of hydrogen-bond acceptors (Lipinski definition) is 6. The Morgan fingerprint density at radius 3 is 2.25 bits per heavy atom. The fourth-order valence-corrected chi connectivity index (χ4v) is 2.18. The number of anilines is 3. The van der Waals surface area contributed by atoms with E-state index < -0.39 is 0 Å². The number of nitrogens with zero attached hydrogens (tertiary/aromatic N) is 5. The molecule has 0 unspecified atom stereocenters. The first kappa shape index (κ1) is 14.8. The summed E-state index contributed by atoms with van der Waals surface area (Å²) in [6, 6.07) is 0. The van der Waals surface area contributed by atoms with Gasteiger partial charge in [0.1, 0.15) is 0 Å². The van der Waals surface area contributed by atoms with Crippen molar-refractivity contribution in [2.45, 2.75) is 33.6 Å². The smallest absolute Gasteiger partial charge is 0.231 e. The summed E-state index contributed by atoms with van der Waals surface area (Å²) in [5.74, 6) is 3.02. The Morgan fingerprint density at radius 2 is 1.70 bits per heavy atom. The lowest BCUT2D eigenvalue weighted by Crippen LogP contribution is -2.28. The molecule has 0 spiro atoms. The molecule has 2 rings (SSSR count). The summed E-state index contributed by atoms with van der Waals surface area (Å²) in [5.41, 5.74) is 0. The fraction of sp³-hybridized carbons (Fsp3) is 0.786. The minimum Gasteiger partial charge on any atom is -0.354 e. The van der Waals surface area contributed by atoms with E-state index in [0.29, 0.717) is 5.95 Å². The second-order valence-electron chi connectivity index (χ2n) is 5.29. The standard InChI is InChI=1S/C14H26N6/c1-5-15-12-16-13(19(4)10-11-8-9-11)18-14(17-12)20(6-2)7-3/h11H,5-10H2,1-4H3,(H,15,16,17,18). The van der Waals surface area contributed by atoms with Crippen molar-refractivity contribution in [1.29, 1.82) is 0 Å². The molecule has 20 heavy (non-hydrogen) atoms. The van der Waals surface area contributed by atoms with E-state index in [0.717, 1.165) is 44.0 Å². The van der Waals surface area contributed by atoms with Gasteiger partial charge in [0.25, 0.3) is 0 Å². The molecule has 1 aliphatic carbocycles. The first-order valence-corrected chi connectivity index (χ1v) is 7.63. The van der Waals surface area contributed by atoms with Gasteiger partial charge in [0.15, 0.2) is 0 Å². The van der Waals surface area contributed by atoms with E-state index in [1.165, 1.54) is 12.8 Å².